The molecule has 1 nitrogen and oxygen atoms in total. The van der Waals surface area contributed by atoms with Gasteiger partial charge < -0.3 is 4.81 Å². The Morgan fingerprint density at radius 1 is 0.682 bits per heavy atom. The molecule has 0 saturated heterocycles. The zero-order valence-corrected chi connectivity index (χ0v) is 12.1. The van der Waals surface area contributed by atoms with Crippen LogP contribution >= 0.6 is 0 Å². The summed E-state index contributed by atoms with van der Waals surface area (Å²) in [6.07, 6.45) is 4.50. The Hall–Kier alpha value is -2.74. The van der Waals surface area contributed by atoms with Crippen LogP contribution in [0.25, 0.3) is 22.9 Å². The molecule has 5 rings (SSSR count). The molecule has 0 N–H and O–H groups in total. The minimum absolute atomic E-state index is 0.309. The second kappa shape index (κ2) is 4.38. The molecule has 0 atom stereocenters. The van der Waals surface area contributed by atoms with Crippen LogP contribution in [0.3, 0.4) is 0 Å². The number of para-hydroxylation sites is 1. The first-order valence-corrected chi connectivity index (χ1v) is 7.68. The van der Waals surface area contributed by atoms with Gasteiger partial charge in [0, 0.05) is 16.9 Å². The first kappa shape index (κ1) is 11.9. The molecule has 2 heteroatoms. The van der Waals surface area contributed by atoms with Crippen molar-refractivity contribution in [3.8, 4) is 0 Å². The lowest BCUT2D eigenvalue weighted by Gasteiger charge is -2.36. The molecule has 0 amide bonds. The lowest BCUT2D eigenvalue weighted by Crippen LogP contribution is -2.37. The van der Waals surface area contributed by atoms with E-state index in [1.807, 2.05) is 0 Å². The van der Waals surface area contributed by atoms with Gasteiger partial charge in [-0.05, 0) is 28.5 Å². The molecule has 0 aliphatic carbocycles. The summed E-state index contributed by atoms with van der Waals surface area (Å²) in [4.78, 5) is 2.44. The topological polar surface area (TPSA) is 3.24 Å². The first-order valence-electron chi connectivity index (χ1n) is 7.68. The van der Waals surface area contributed by atoms with E-state index in [0.717, 1.165) is 0 Å². The second-order valence-corrected chi connectivity index (χ2v) is 5.86. The van der Waals surface area contributed by atoms with Crippen molar-refractivity contribution in [1.29, 1.82) is 0 Å². The van der Waals surface area contributed by atoms with Gasteiger partial charge in [-0.15, -0.1) is 0 Å². The summed E-state index contributed by atoms with van der Waals surface area (Å²) in [6.45, 7) is 0.309. The van der Waals surface area contributed by atoms with Crippen LogP contribution in [0.4, 0.5) is 11.4 Å². The summed E-state index contributed by atoms with van der Waals surface area (Å²) < 4.78 is 0. The average Bonchev–Trinajstić information content (AvgIpc) is 2.60. The molecule has 0 radical (unpaired) electrons. The fraction of sp³-hybridized carbons (Fsp3) is 0. The molecule has 2 aliphatic rings. The van der Waals surface area contributed by atoms with Gasteiger partial charge >= 0.3 is 6.85 Å². The number of fused-ring (bicyclic) bond motifs is 7. The maximum Gasteiger partial charge on any atom is 0.313 e. The van der Waals surface area contributed by atoms with Crippen molar-refractivity contribution in [2.45, 2.75) is 0 Å². The van der Waals surface area contributed by atoms with Crippen molar-refractivity contribution >= 4 is 41.1 Å². The predicted octanol–water partition coefficient (Wildman–Crippen LogP) is 5.10. The van der Waals surface area contributed by atoms with Crippen LogP contribution in [-0.4, -0.2) is 6.85 Å². The highest BCUT2D eigenvalue weighted by molar-refractivity contribution is 6.77. The fourth-order valence-corrected chi connectivity index (χ4v) is 3.60. The van der Waals surface area contributed by atoms with E-state index in [2.05, 4.69) is 89.6 Å². The zero-order valence-electron chi connectivity index (χ0n) is 12.1. The summed E-state index contributed by atoms with van der Waals surface area (Å²) in [6, 6.07) is 21.7. The van der Waals surface area contributed by atoms with Gasteiger partial charge in [-0.2, -0.15) is 0 Å². The second-order valence-electron chi connectivity index (χ2n) is 5.86. The standard InChI is InChI=1S/C20H14BN/c1-3-7-17-15(5-1)9-10-20-18(17)12-14-21-13-11-16-6-2-4-8-19(16)22(20)21/h1-14H. The number of benzene rings is 3. The third kappa shape index (κ3) is 1.55. The Kier molecular flexibility index (Phi) is 2.36. The highest BCUT2D eigenvalue weighted by Gasteiger charge is 2.29. The highest BCUT2D eigenvalue weighted by Crippen LogP contribution is 2.41. The minimum atomic E-state index is 0.309. The van der Waals surface area contributed by atoms with E-state index in [1.54, 1.807) is 0 Å². The number of rotatable bonds is 0. The molecule has 0 unspecified atom stereocenters. The lowest BCUT2D eigenvalue weighted by atomic mass is 9.55. The SMILES string of the molecule is C1=Cc2ccccc2N2B1C=Cc1c2ccc2ccccc12. The molecular weight excluding hydrogens is 265 g/mol. The van der Waals surface area contributed by atoms with Gasteiger partial charge in [0.2, 0.25) is 0 Å². The van der Waals surface area contributed by atoms with E-state index in [1.165, 1.54) is 33.3 Å². The Balaban J connectivity index is 1.82. The van der Waals surface area contributed by atoms with Gasteiger partial charge in [0.15, 0.2) is 0 Å². The molecule has 0 bridgehead atoms. The molecule has 2 aliphatic heterocycles. The molecule has 0 spiro atoms. The number of hydrogen-bond acceptors (Lipinski definition) is 1. The first-order chi connectivity index (χ1) is 10.9. The van der Waals surface area contributed by atoms with Gasteiger partial charge in [0.25, 0.3) is 0 Å². The molecule has 102 valence electrons. The summed E-state index contributed by atoms with van der Waals surface area (Å²) in [5, 5.41) is 2.62. The van der Waals surface area contributed by atoms with Crippen molar-refractivity contribution in [2.75, 3.05) is 4.81 Å². The third-order valence-corrected chi connectivity index (χ3v) is 4.63. The van der Waals surface area contributed by atoms with Crippen molar-refractivity contribution in [3.63, 3.8) is 0 Å². The minimum Gasteiger partial charge on any atom is -0.377 e. The van der Waals surface area contributed by atoms with Crippen LogP contribution in [-0.2, 0) is 0 Å². The molecule has 2 heterocycles. The average molecular weight is 279 g/mol. The number of nitrogens with zero attached hydrogens (tertiary/aromatic N) is 1. The zero-order chi connectivity index (χ0) is 14.5. The van der Waals surface area contributed by atoms with Crippen molar-refractivity contribution in [3.05, 3.63) is 83.7 Å². The van der Waals surface area contributed by atoms with Crippen LogP contribution < -0.4 is 4.81 Å². The lowest BCUT2D eigenvalue weighted by molar-refractivity contribution is 1.35. The van der Waals surface area contributed by atoms with Gasteiger partial charge in [-0.1, -0.05) is 72.6 Å². The Labute approximate surface area is 130 Å². The largest absolute Gasteiger partial charge is 0.377 e. The summed E-state index contributed by atoms with van der Waals surface area (Å²) in [5.41, 5.74) is 5.19. The molecular formula is C20H14BN. The van der Waals surface area contributed by atoms with Crippen molar-refractivity contribution in [2.24, 2.45) is 0 Å². The van der Waals surface area contributed by atoms with Crippen LogP contribution in [0.1, 0.15) is 11.1 Å². The van der Waals surface area contributed by atoms with Gasteiger partial charge in [0.05, 0.1) is 0 Å². The van der Waals surface area contributed by atoms with E-state index < -0.39 is 0 Å². The smallest absolute Gasteiger partial charge is 0.313 e. The summed E-state index contributed by atoms with van der Waals surface area (Å²) >= 11 is 0. The number of hydrogen-bond donors (Lipinski definition) is 0. The molecule has 22 heavy (non-hydrogen) atoms. The maximum absolute atomic E-state index is 2.44. The maximum atomic E-state index is 2.44. The van der Waals surface area contributed by atoms with Crippen LogP contribution in [0.2, 0.25) is 0 Å². The van der Waals surface area contributed by atoms with Crippen LogP contribution in [0.15, 0.2) is 72.6 Å². The highest BCUT2D eigenvalue weighted by atomic mass is 15.1. The van der Waals surface area contributed by atoms with E-state index in [0.29, 0.717) is 6.85 Å². The van der Waals surface area contributed by atoms with Gasteiger partial charge in [-0.3, -0.25) is 0 Å². The normalized spacial score (nSPS) is 14.7. The summed E-state index contributed by atoms with van der Waals surface area (Å²) in [7, 11) is 0. The quantitative estimate of drug-likeness (QED) is 0.517. The van der Waals surface area contributed by atoms with Gasteiger partial charge in [-0.25, -0.2) is 0 Å². The Morgan fingerprint density at radius 3 is 2.50 bits per heavy atom. The van der Waals surface area contributed by atoms with E-state index in [9.17, 15) is 0 Å². The van der Waals surface area contributed by atoms with Crippen LogP contribution in [0, 0.1) is 0 Å². The van der Waals surface area contributed by atoms with Crippen molar-refractivity contribution < 1.29 is 0 Å². The Bertz CT molecular complexity index is 955. The fourth-order valence-electron chi connectivity index (χ4n) is 3.60. The summed E-state index contributed by atoms with van der Waals surface area (Å²) in [5.74, 6) is 4.57. The van der Waals surface area contributed by atoms with Crippen molar-refractivity contribution in [1.82, 2.24) is 0 Å². The predicted molar refractivity (Wildman–Crippen MR) is 96.4 cm³/mol. The number of anilines is 2. The van der Waals surface area contributed by atoms with E-state index >= 15 is 0 Å². The van der Waals surface area contributed by atoms with E-state index in [4.69, 9.17) is 0 Å². The third-order valence-electron chi connectivity index (χ3n) is 4.63. The molecule has 0 fully saturated rings. The molecule has 0 aromatic heterocycles. The van der Waals surface area contributed by atoms with Crippen LogP contribution in [0.5, 0.6) is 0 Å². The molecule has 3 aromatic rings. The molecule has 3 aromatic carbocycles. The monoisotopic (exact) mass is 279 g/mol. The van der Waals surface area contributed by atoms with E-state index in [-0.39, 0.29) is 0 Å². The Morgan fingerprint density at radius 2 is 1.50 bits per heavy atom. The molecule has 0 saturated carbocycles. The van der Waals surface area contributed by atoms with Gasteiger partial charge in [0.1, 0.15) is 0 Å².